The lowest BCUT2D eigenvalue weighted by Gasteiger charge is -2.25. The van der Waals surface area contributed by atoms with Crippen molar-refractivity contribution < 1.29 is 0 Å². The number of aromatic nitrogens is 3. The van der Waals surface area contributed by atoms with Crippen molar-refractivity contribution >= 4 is 21.6 Å². The van der Waals surface area contributed by atoms with E-state index in [1.807, 2.05) is 22.7 Å². The summed E-state index contributed by atoms with van der Waals surface area (Å²) in [4.78, 5) is 0. The standard InChI is InChI=1S/C15H13BrN4/c16-11-5-6-13-18-19-15(20(13)9-11)14-12-4-2-1-3-10(12)7-8-17-14/h1-6,9,14,17H,7-8H2. The molecule has 5 heteroatoms. The Morgan fingerprint density at radius 1 is 1.15 bits per heavy atom. The summed E-state index contributed by atoms with van der Waals surface area (Å²) in [6.45, 7) is 0.963. The Morgan fingerprint density at radius 3 is 3.00 bits per heavy atom. The number of nitrogens with zero attached hydrogens (tertiary/aromatic N) is 3. The molecule has 1 atom stereocenters. The maximum atomic E-state index is 4.39. The van der Waals surface area contributed by atoms with Gasteiger partial charge in [0.2, 0.25) is 0 Å². The summed E-state index contributed by atoms with van der Waals surface area (Å²) < 4.78 is 3.07. The lowest BCUT2D eigenvalue weighted by molar-refractivity contribution is 0.540. The third-order valence-corrected chi connectivity index (χ3v) is 4.23. The van der Waals surface area contributed by atoms with Gasteiger partial charge in [-0.2, -0.15) is 0 Å². The minimum atomic E-state index is 0.101. The van der Waals surface area contributed by atoms with E-state index >= 15 is 0 Å². The minimum absolute atomic E-state index is 0.101. The highest BCUT2D eigenvalue weighted by Crippen LogP contribution is 2.28. The van der Waals surface area contributed by atoms with Gasteiger partial charge in [-0.3, -0.25) is 4.40 Å². The summed E-state index contributed by atoms with van der Waals surface area (Å²) in [5.74, 6) is 0.938. The predicted octanol–water partition coefficient (Wildman–Crippen LogP) is 2.73. The van der Waals surface area contributed by atoms with Crippen LogP contribution in [0.15, 0.2) is 47.1 Å². The molecule has 0 saturated heterocycles. The summed E-state index contributed by atoms with van der Waals surface area (Å²) in [6, 6.07) is 12.6. The van der Waals surface area contributed by atoms with Crippen molar-refractivity contribution in [3.05, 3.63) is 64.0 Å². The maximum absolute atomic E-state index is 4.39. The van der Waals surface area contributed by atoms with Crippen LogP contribution in [0.5, 0.6) is 0 Å². The summed E-state index contributed by atoms with van der Waals surface area (Å²) >= 11 is 3.51. The Labute approximate surface area is 125 Å². The molecule has 0 fully saturated rings. The molecule has 3 heterocycles. The zero-order chi connectivity index (χ0) is 13.5. The number of halogens is 1. The van der Waals surface area contributed by atoms with E-state index in [1.54, 1.807) is 0 Å². The van der Waals surface area contributed by atoms with E-state index in [1.165, 1.54) is 11.1 Å². The van der Waals surface area contributed by atoms with Crippen LogP contribution in [0.4, 0.5) is 0 Å². The van der Waals surface area contributed by atoms with Gasteiger partial charge in [0.1, 0.15) is 0 Å². The van der Waals surface area contributed by atoms with E-state index in [4.69, 9.17) is 0 Å². The maximum Gasteiger partial charge on any atom is 0.160 e. The molecule has 1 aromatic carbocycles. The highest BCUT2D eigenvalue weighted by atomic mass is 79.9. The number of pyridine rings is 1. The Bertz CT molecular complexity index is 780. The van der Waals surface area contributed by atoms with Gasteiger partial charge in [-0.15, -0.1) is 10.2 Å². The largest absolute Gasteiger partial charge is 0.303 e. The molecule has 0 aliphatic carbocycles. The van der Waals surface area contributed by atoms with Crippen LogP contribution in [-0.2, 0) is 6.42 Å². The van der Waals surface area contributed by atoms with Gasteiger partial charge in [-0.05, 0) is 45.6 Å². The topological polar surface area (TPSA) is 42.2 Å². The third kappa shape index (κ3) is 1.85. The fourth-order valence-corrected chi connectivity index (χ4v) is 3.15. The van der Waals surface area contributed by atoms with Crippen LogP contribution in [0.1, 0.15) is 23.0 Å². The van der Waals surface area contributed by atoms with Gasteiger partial charge in [-0.1, -0.05) is 24.3 Å². The Kier molecular flexibility index (Phi) is 2.82. The molecular formula is C15H13BrN4. The SMILES string of the molecule is Brc1ccc2nnc(C3NCCc4ccccc43)n2c1. The van der Waals surface area contributed by atoms with E-state index < -0.39 is 0 Å². The van der Waals surface area contributed by atoms with Crippen molar-refractivity contribution in [2.24, 2.45) is 0 Å². The number of hydrogen-bond acceptors (Lipinski definition) is 3. The van der Waals surface area contributed by atoms with E-state index in [0.29, 0.717) is 0 Å². The molecule has 0 amide bonds. The van der Waals surface area contributed by atoms with Gasteiger partial charge < -0.3 is 5.32 Å². The van der Waals surface area contributed by atoms with Crippen molar-refractivity contribution in [3.8, 4) is 0 Å². The number of rotatable bonds is 1. The molecule has 1 aliphatic heterocycles. The van der Waals surface area contributed by atoms with Crippen molar-refractivity contribution in [2.45, 2.75) is 12.5 Å². The van der Waals surface area contributed by atoms with Crippen molar-refractivity contribution in [1.82, 2.24) is 19.9 Å². The van der Waals surface area contributed by atoms with Crippen LogP contribution < -0.4 is 5.32 Å². The highest BCUT2D eigenvalue weighted by Gasteiger charge is 2.25. The van der Waals surface area contributed by atoms with Gasteiger partial charge in [-0.25, -0.2) is 0 Å². The van der Waals surface area contributed by atoms with Crippen LogP contribution in [0, 0.1) is 0 Å². The zero-order valence-corrected chi connectivity index (χ0v) is 12.3. The second kappa shape index (κ2) is 4.68. The molecule has 4 rings (SSSR count). The molecule has 0 bridgehead atoms. The fraction of sp³-hybridized carbons (Fsp3) is 0.200. The second-order valence-corrected chi connectivity index (χ2v) is 5.89. The first-order valence-corrected chi connectivity index (χ1v) is 7.43. The monoisotopic (exact) mass is 328 g/mol. The van der Waals surface area contributed by atoms with E-state index in [9.17, 15) is 0 Å². The molecule has 20 heavy (non-hydrogen) atoms. The van der Waals surface area contributed by atoms with Gasteiger partial charge in [0.25, 0.3) is 0 Å². The Balaban J connectivity index is 1.90. The van der Waals surface area contributed by atoms with Crippen molar-refractivity contribution in [3.63, 3.8) is 0 Å². The van der Waals surface area contributed by atoms with Crippen LogP contribution in [0.25, 0.3) is 5.65 Å². The molecular weight excluding hydrogens is 316 g/mol. The molecule has 1 aliphatic rings. The van der Waals surface area contributed by atoms with Crippen molar-refractivity contribution in [2.75, 3.05) is 6.54 Å². The summed E-state index contributed by atoms with van der Waals surface area (Å²) in [5.41, 5.74) is 3.56. The smallest absolute Gasteiger partial charge is 0.160 e. The van der Waals surface area contributed by atoms with E-state index in [0.717, 1.165) is 28.9 Å². The predicted molar refractivity (Wildman–Crippen MR) is 80.7 cm³/mol. The third-order valence-electron chi connectivity index (χ3n) is 3.76. The average molecular weight is 329 g/mol. The number of nitrogens with one attached hydrogen (secondary N) is 1. The normalized spacial score (nSPS) is 18.1. The van der Waals surface area contributed by atoms with Gasteiger partial charge in [0.15, 0.2) is 11.5 Å². The van der Waals surface area contributed by atoms with Gasteiger partial charge >= 0.3 is 0 Å². The summed E-state index contributed by atoms with van der Waals surface area (Å²) in [5, 5.41) is 12.2. The number of benzene rings is 1. The summed E-state index contributed by atoms with van der Waals surface area (Å²) in [6.07, 6.45) is 3.08. The van der Waals surface area contributed by atoms with Crippen LogP contribution in [0.2, 0.25) is 0 Å². The van der Waals surface area contributed by atoms with Gasteiger partial charge in [0.05, 0.1) is 6.04 Å². The zero-order valence-electron chi connectivity index (χ0n) is 10.8. The first kappa shape index (κ1) is 12.1. The van der Waals surface area contributed by atoms with Gasteiger partial charge in [0, 0.05) is 17.2 Å². The van der Waals surface area contributed by atoms with Crippen LogP contribution >= 0.6 is 15.9 Å². The molecule has 0 spiro atoms. The molecule has 3 aromatic rings. The molecule has 1 N–H and O–H groups in total. The molecule has 0 saturated carbocycles. The Hall–Kier alpha value is -1.72. The molecule has 4 nitrogen and oxygen atoms in total. The minimum Gasteiger partial charge on any atom is -0.303 e. The van der Waals surface area contributed by atoms with E-state index in [-0.39, 0.29) is 6.04 Å². The lowest BCUT2D eigenvalue weighted by atomic mass is 9.94. The molecule has 2 aromatic heterocycles. The molecule has 0 radical (unpaired) electrons. The first-order chi connectivity index (χ1) is 9.83. The quantitative estimate of drug-likeness (QED) is 0.746. The second-order valence-electron chi connectivity index (χ2n) is 4.97. The molecule has 100 valence electrons. The van der Waals surface area contributed by atoms with Crippen LogP contribution in [0.3, 0.4) is 0 Å². The first-order valence-electron chi connectivity index (χ1n) is 6.64. The number of fused-ring (bicyclic) bond motifs is 2. The van der Waals surface area contributed by atoms with E-state index in [2.05, 4.69) is 55.7 Å². The summed E-state index contributed by atoms with van der Waals surface area (Å²) in [7, 11) is 0. The highest BCUT2D eigenvalue weighted by molar-refractivity contribution is 9.10. The average Bonchev–Trinajstić information content (AvgIpc) is 2.89. The number of hydrogen-bond donors (Lipinski definition) is 1. The Morgan fingerprint density at radius 2 is 2.05 bits per heavy atom. The van der Waals surface area contributed by atoms with Crippen molar-refractivity contribution in [1.29, 1.82) is 0 Å². The van der Waals surface area contributed by atoms with Crippen LogP contribution in [-0.4, -0.2) is 21.1 Å². The molecule has 1 unspecified atom stereocenters. The lowest BCUT2D eigenvalue weighted by Crippen LogP contribution is -2.31. The fourth-order valence-electron chi connectivity index (χ4n) is 2.81.